The summed E-state index contributed by atoms with van der Waals surface area (Å²) in [5.41, 5.74) is 5.73. The maximum Gasteiger partial charge on any atom is 0.156 e. The molecular weight excluding hydrogens is 196 g/mol. The van der Waals surface area contributed by atoms with Gasteiger partial charge in [-0.1, -0.05) is 11.8 Å². The highest BCUT2D eigenvalue weighted by Crippen LogP contribution is 2.29. The van der Waals surface area contributed by atoms with Crippen molar-refractivity contribution in [3.63, 3.8) is 0 Å². The van der Waals surface area contributed by atoms with Crippen LogP contribution in [-0.4, -0.2) is 28.3 Å². The van der Waals surface area contributed by atoms with E-state index in [1.807, 2.05) is 0 Å². The van der Waals surface area contributed by atoms with Crippen molar-refractivity contribution in [3.8, 4) is 0 Å². The van der Waals surface area contributed by atoms with Crippen molar-refractivity contribution in [2.75, 3.05) is 18.8 Å². The molecule has 0 saturated carbocycles. The van der Waals surface area contributed by atoms with E-state index < -0.39 is 0 Å². The van der Waals surface area contributed by atoms with E-state index in [0.717, 1.165) is 18.1 Å². The molecule has 0 aliphatic carbocycles. The summed E-state index contributed by atoms with van der Waals surface area (Å²) < 4.78 is 0. The zero-order valence-electron chi connectivity index (χ0n) is 7.94. The first-order chi connectivity index (χ1) is 6.86. The fourth-order valence-electron chi connectivity index (χ4n) is 1.50. The first-order valence-corrected chi connectivity index (χ1v) is 5.68. The van der Waals surface area contributed by atoms with Crippen molar-refractivity contribution in [2.45, 2.75) is 23.1 Å². The summed E-state index contributed by atoms with van der Waals surface area (Å²) in [4.78, 5) is 8.25. The van der Waals surface area contributed by atoms with Gasteiger partial charge in [-0.2, -0.15) is 0 Å². The van der Waals surface area contributed by atoms with E-state index in [4.69, 9.17) is 5.73 Å². The maximum absolute atomic E-state index is 5.73. The molecular formula is C9H14N4S. The van der Waals surface area contributed by atoms with E-state index in [1.165, 1.54) is 12.8 Å². The molecule has 14 heavy (non-hydrogen) atoms. The number of piperidine rings is 1. The van der Waals surface area contributed by atoms with Crippen LogP contribution in [0.1, 0.15) is 12.8 Å². The molecule has 2 rings (SSSR count). The minimum Gasteiger partial charge on any atom is -0.381 e. The minimum absolute atomic E-state index is 0.552. The van der Waals surface area contributed by atoms with Gasteiger partial charge in [-0.25, -0.2) is 9.97 Å². The third-order valence-corrected chi connectivity index (χ3v) is 3.60. The number of nitrogen functional groups attached to an aromatic ring is 1. The topological polar surface area (TPSA) is 63.8 Å². The van der Waals surface area contributed by atoms with Crippen LogP contribution in [0.5, 0.6) is 0 Å². The molecule has 1 saturated heterocycles. The van der Waals surface area contributed by atoms with Crippen LogP contribution in [0, 0.1) is 0 Å². The monoisotopic (exact) mass is 210 g/mol. The third kappa shape index (κ3) is 2.36. The SMILES string of the molecule is Nc1nccnc1SC1CCNCC1. The summed E-state index contributed by atoms with van der Waals surface area (Å²) in [5.74, 6) is 0.552. The van der Waals surface area contributed by atoms with Gasteiger partial charge in [-0.3, -0.25) is 0 Å². The fourth-order valence-corrected chi connectivity index (χ4v) is 2.58. The van der Waals surface area contributed by atoms with Crippen molar-refractivity contribution in [2.24, 2.45) is 0 Å². The average molecular weight is 210 g/mol. The van der Waals surface area contributed by atoms with E-state index in [9.17, 15) is 0 Å². The molecule has 1 aromatic heterocycles. The van der Waals surface area contributed by atoms with E-state index in [-0.39, 0.29) is 0 Å². The molecule has 3 N–H and O–H groups in total. The van der Waals surface area contributed by atoms with Crippen LogP contribution >= 0.6 is 11.8 Å². The summed E-state index contributed by atoms with van der Waals surface area (Å²) >= 11 is 1.75. The van der Waals surface area contributed by atoms with Gasteiger partial charge < -0.3 is 11.1 Å². The predicted octanol–water partition coefficient (Wildman–Crippen LogP) is 0.903. The van der Waals surface area contributed by atoms with Crippen molar-refractivity contribution in [3.05, 3.63) is 12.4 Å². The Balaban J connectivity index is 1.99. The van der Waals surface area contributed by atoms with E-state index in [2.05, 4.69) is 15.3 Å². The lowest BCUT2D eigenvalue weighted by Crippen LogP contribution is -2.29. The quantitative estimate of drug-likeness (QED) is 0.759. The Bertz CT molecular complexity index is 299. The van der Waals surface area contributed by atoms with E-state index in [1.54, 1.807) is 24.2 Å². The van der Waals surface area contributed by atoms with Crippen LogP contribution in [0.4, 0.5) is 5.82 Å². The fraction of sp³-hybridized carbons (Fsp3) is 0.556. The molecule has 1 fully saturated rings. The lowest BCUT2D eigenvalue weighted by Gasteiger charge is -2.21. The summed E-state index contributed by atoms with van der Waals surface area (Å²) in [5, 5.41) is 4.84. The number of aromatic nitrogens is 2. The number of hydrogen-bond acceptors (Lipinski definition) is 5. The summed E-state index contributed by atoms with van der Waals surface area (Å²) in [7, 11) is 0. The molecule has 5 heteroatoms. The number of rotatable bonds is 2. The van der Waals surface area contributed by atoms with Crippen LogP contribution in [0.3, 0.4) is 0 Å². The van der Waals surface area contributed by atoms with E-state index >= 15 is 0 Å². The van der Waals surface area contributed by atoms with Crippen molar-refractivity contribution in [1.82, 2.24) is 15.3 Å². The number of thioether (sulfide) groups is 1. The van der Waals surface area contributed by atoms with Crippen LogP contribution in [-0.2, 0) is 0 Å². The maximum atomic E-state index is 5.73. The molecule has 0 unspecified atom stereocenters. The van der Waals surface area contributed by atoms with Crippen LogP contribution in [0.15, 0.2) is 17.4 Å². The lowest BCUT2D eigenvalue weighted by molar-refractivity contribution is 0.531. The highest BCUT2D eigenvalue weighted by Gasteiger charge is 2.16. The standard InChI is InChI=1S/C9H14N4S/c10-8-9(13-6-5-12-8)14-7-1-3-11-4-2-7/h5-7,11H,1-4H2,(H2,10,12). The van der Waals surface area contributed by atoms with Gasteiger partial charge in [0, 0.05) is 17.6 Å². The zero-order valence-corrected chi connectivity index (χ0v) is 8.76. The van der Waals surface area contributed by atoms with Crippen LogP contribution in [0.2, 0.25) is 0 Å². The van der Waals surface area contributed by atoms with Gasteiger partial charge in [0.05, 0.1) is 0 Å². The second kappa shape index (κ2) is 4.61. The Labute approximate surface area is 87.7 Å². The zero-order chi connectivity index (χ0) is 9.80. The molecule has 0 spiro atoms. The highest BCUT2D eigenvalue weighted by atomic mass is 32.2. The average Bonchev–Trinajstić information content (AvgIpc) is 2.23. The molecule has 76 valence electrons. The number of anilines is 1. The summed E-state index contributed by atoms with van der Waals surface area (Å²) in [6, 6.07) is 0. The molecule has 0 amide bonds. The number of nitrogens with two attached hydrogens (primary N) is 1. The second-order valence-electron chi connectivity index (χ2n) is 3.31. The van der Waals surface area contributed by atoms with Gasteiger partial charge >= 0.3 is 0 Å². The van der Waals surface area contributed by atoms with Gasteiger partial charge in [0.15, 0.2) is 5.82 Å². The van der Waals surface area contributed by atoms with Gasteiger partial charge in [0.25, 0.3) is 0 Å². The van der Waals surface area contributed by atoms with E-state index in [0.29, 0.717) is 11.1 Å². The second-order valence-corrected chi connectivity index (χ2v) is 4.60. The molecule has 4 nitrogen and oxygen atoms in total. The Morgan fingerprint density at radius 1 is 1.29 bits per heavy atom. The summed E-state index contributed by atoms with van der Waals surface area (Å²) in [6.07, 6.45) is 5.68. The molecule has 2 heterocycles. The summed E-state index contributed by atoms with van der Waals surface area (Å²) in [6.45, 7) is 2.19. The van der Waals surface area contributed by atoms with Gasteiger partial charge in [0.2, 0.25) is 0 Å². The first-order valence-electron chi connectivity index (χ1n) is 4.80. The molecule has 0 bridgehead atoms. The molecule has 1 aliphatic rings. The highest BCUT2D eigenvalue weighted by molar-refractivity contribution is 8.00. The van der Waals surface area contributed by atoms with Crippen LogP contribution in [0.25, 0.3) is 0 Å². The first kappa shape index (κ1) is 9.73. The smallest absolute Gasteiger partial charge is 0.156 e. The number of nitrogens with zero attached hydrogens (tertiary/aromatic N) is 2. The number of nitrogens with one attached hydrogen (secondary N) is 1. The Hall–Kier alpha value is -0.810. The Kier molecular flexibility index (Phi) is 3.21. The molecule has 0 aromatic carbocycles. The molecule has 1 aromatic rings. The molecule has 0 atom stereocenters. The predicted molar refractivity (Wildman–Crippen MR) is 58.2 cm³/mol. The van der Waals surface area contributed by atoms with Gasteiger partial charge in [0.1, 0.15) is 5.03 Å². The molecule has 1 aliphatic heterocycles. The largest absolute Gasteiger partial charge is 0.381 e. The Morgan fingerprint density at radius 2 is 2.00 bits per heavy atom. The van der Waals surface area contributed by atoms with Crippen molar-refractivity contribution in [1.29, 1.82) is 0 Å². The van der Waals surface area contributed by atoms with Gasteiger partial charge in [-0.15, -0.1) is 0 Å². The lowest BCUT2D eigenvalue weighted by atomic mass is 10.2. The van der Waals surface area contributed by atoms with Crippen molar-refractivity contribution < 1.29 is 0 Å². The normalized spacial score (nSPS) is 18.3. The minimum atomic E-state index is 0.552. The van der Waals surface area contributed by atoms with Crippen molar-refractivity contribution >= 4 is 17.6 Å². The Morgan fingerprint density at radius 3 is 2.71 bits per heavy atom. The number of hydrogen-bond donors (Lipinski definition) is 2. The third-order valence-electron chi connectivity index (χ3n) is 2.26. The van der Waals surface area contributed by atoms with Gasteiger partial charge in [-0.05, 0) is 25.9 Å². The van der Waals surface area contributed by atoms with Crippen LogP contribution < -0.4 is 11.1 Å². The molecule has 0 radical (unpaired) electrons.